The fourth-order valence-corrected chi connectivity index (χ4v) is 1.96. The van der Waals surface area contributed by atoms with Crippen molar-refractivity contribution in [2.24, 2.45) is 11.3 Å². The van der Waals surface area contributed by atoms with Gasteiger partial charge in [0.25, 0.3) is 0 Å². The third-order valence-electron chi connectivity index (χ3n) is 3.08. The van der Waals surface area contributed by atoms with Gasteiger partial charge in [-0.3, -0.25) is 0 Å². The van der Waals surface area contributed by atoms with Gasteiger partial charge in [0.1, 0.15) is 0 Å². The molecular weight excluding hydrogens is 391 g/mol. The summed E-state index contributed by atoms with van der Waals surface area (Å²) in [6, 6.07) is -0.258. The molecule has 0 bridgehead atoms. The van der Waals surface area contributed by atoms with Gasteiger partial charge in [-0.05, 0) is 11.3 Å². The molecule has 97 valence electrons. The molecule has 1 rings (SSSR count). The predicted octanol–water partition coefficient (Wildman–Crippen LogP) is 4.81. The summed E-state index contributed by atoms with van der Waals surface area (Å²) in [5.41, 5.74) is 15.6. The van der Waals surface area contributed by atoms with E-state index in [2.05, 4.69) is 30.2 Å². The Morgan fingerprint density at radius 1 is 1.07 bits per heavy atom. The zero-order chi connectivity index (χ0) is 11.4. The standard InChI is InChI=1S/C10H20N2.CH3.ClH.Pt/c1-10(2,3)7-4-5-8(11)9(12)6-7;;;/h7-9,11-12H,4-6H2,1-3H3;1H3;1H;/q-2;-1;;+1/p-1. The number of hydrogen-bond acceptors (Lipinski definition) is 0. The van der Waals surface area contributed by atoms with Gasteiger partial charge in [-0.15, -0.1) is 0 Å². The average Bonchev–Trinajstić information content (AvgIpc) is 2.11. The second-order valence-electron chi connectivity index (χ2n) is 5.09. The zero-order valence-corrected chi connectivity index (χ0v) is 13.1. The molecule has 1 aliphatic rings. The minimum atomic E-state index is -0.136. The van der Waals surface area contributed by atoms with Crippen molar-refractivity contribution in [1.29, 1.82) is 0 Å². The second-order valence-corrected chi connectivity index (χ2v) is 5.09. The van der Waals surface area contributed by atoms with Crippen LogP contribution in [0.25, 0.3) is 11.5 Å². The molecule has 0 radical (unpaired) electrons. The third-order valence-corrected chi connectivity index (χ3v) is 3.08. The van der Waals surface area contributed by atoms with Crippen LogP contribution in [0.4, 0.5) is 0 Å². The average molecular weight is 414 g/mol. The first-order chi connectivity index (χ1) is 6.41. The molecule has 3 atom stereocenters. The van der Waals surface area contributed by atoms with Crippen molar-refractivity contribution in [1.82, 2.24) is 0 Å². The maximum atomic E-state index is 7.70. The molecule has 0 heterocycles. The van der Waals surface area contributed by atoms with E-state index in [-0.39, 0.29) is 19.5 Å². The van der Waals surface area contributed by atoms with Gasteiger partial charge in [-0.1, -0.05) is 40.0 Å². The molecule has 1 aliphatic carbocycles. The predicted molar refractivity (Wildman–Crippen MR) is 65.3 cm³/mol. The maximum absolute atomic E-state index is 7.70. The van der Waals surface area contributed by atoms with E-state index in [0.717, 1.165) is 19.3 Å². The zero-order valence-electron chi connectivity index (χ0n) is 10.0. The first-order valence-electron chi connectivity index (χ1n) is 4.95. The summed E-state index contributed by atoms with van der Waals surface area (Å²) in [5.74, 6) is 0.654. The molecule has 1 saturated carbocycles. The summed E-state index contributed by atoms with van der Waals surface area (Å²) in [7, 11) is 4.61. The van der Waals surface area contributed by atoms with Crippen LogP contribution in [0.3, 0.4) is 0 Å². The van der Waals surface area contributed by atoms with E-state index in [1.54, 1.807) is 18.8 Å². The van der Waals surface area contributed by atoms with Crippen molar-refractivity contribution < 1.29 is 18.8 Å². The Kier molecular flexibility index (Phi) is 9.81. The molecule has 0 saturated heterocycles. The normalized spacial score (nSPS) is 31.1. The van der Waals surface area contributed by atoms with Crippen LogP contribution in [0.15, 0.2) is 0 Å². The molecule has 2 N–H and O–H groups in total. The summed E-state index contributed by atoms with van der Waals surface area (Å²) in [6.45, 7) is 6.73. The summed E-state index contributed by atoms with van der Waals surface area (Å²) < 4.78 is 0. The minimum absolute atomic E-state index is 0. The van der Waals surface area contributed by atoms with Gasteiger partial charge in [-0.25, -0.2) is 0 Å². The summed E-state index contributed by atoms with van der Waals surface area (Å²) in [6.07, 6.45) is 3.00. The Bertz CT molecular complexity index is 159. The molecular formula is C11H23ClN2Pt-3. The Labute approximate surface area is 110 Å². The Morgan fingerprint density at radius 2 is 1.53 bits per heavy atom. The molecule has 0 aromatic carbocycles. The van der Waals surface area contributed by atoms with Gasteiger partial charge in [-0.2, -0.15) is 12.1 Å². The third kappa shape index (κ3) is 6.26. The molecule has 3 unspecified atom stereocenters. The van der Waals surface area contributed by atoms with Gasteiger partial charge < -0.3 is 18.9 Å². The SMILES string of the molecule is CC(C)(C)C1CCC([NH-])C([NH-])C1.[CH3-].[Cl][Pt]. The fourth-order valence-electron chi connectivity index (χ4n) is 1.96. The Balaban J connectivity index is 0. The quantitative estimate of drug-likeness (QED) is 0.512. The summed E-state index contributed by atoms with van der Waals surface area (Å²) in [4.78, 5) is 0. The first-order valence-corrected chi connectivity index (χ1v) is 7.77. The second kappa shape index (κ2) is 8.06. The number of hydrogen-bond donors (Lipinski definition) is 0. The van der Waals surface area contributed by atoms with Crippen molar-refractivity contribution in [2.45, 2.75) is 52.1 Å². The van der Waals surface area contributed by atoms with Gasteiger partial charge in [0.15, 0.2) is 0 Å². The van der Waals surface area contributed by atoms with Crippen LogP contribution >= 0.6 is 9.42 Å². The van der Waals surface area contributed by atoms with Crippen molar-refractivity contribution in [3.63, 3.8) is 0 Å². The van der Waals surface area contributed by atoms with Crippen LogP contribution in [0.2, 0.25) is 0 Å². The molecule has 2 nitrogen and oxygen atoms in total. The van der Waals surface area contributed by atoms with Crippen LogP contribution in [-0.2, 0) is 18.8 Å². The number of rotatable bonds is 0. The van der Waals surface area contributed by atoms with E-state index in [4.69, 9.17) is 11.5 Å². The van der Waals surface area contributed by atoms with Crippen LogP contribution in [-0.4, -0.2) is 12.1 Å². The van der Waals surface area contributed by atoms with Crippen molar-refractivity contribution >= 4 is 9.42 Å². The number of nitrogens with one attached hydrogen (secondary N) is 2. The molecule has 1 fully saturated rings. The van der Waals surface area contributed by atoms with E-state index in [9.17, 15) is 0 Å². The van der Waals surface area contributed by atoms with E-state index >= 15 is 0 Å². The molecule has 0 spiro atoms. The molecule has 15 heavy (non-hydrogen) atoms. The molecule has 0 aromatic heterocycles. The van der Waals surface area contributed by atoms with E-state index in [0.29, 0.717) is 11.3 Å². The van der Waals surface area contributed by atoms with Crippen molar-refractivity contribution in [2.75, 3.05) is 0 Å². The molecule has 0 aliphatic heterocycles. The van der Waals surface area contributed by atoms with Gasteiger partial charge in [0.2, 0.25) is 0 Å². The summed E-state index contributed by atoms with van der Waals surface area (Å²) >= 11 is 1.61. The van der Waals surface area contributed by atoms with E-state index in [1.165, 1.54) is 0 Å². The van der Waals surface area contributed by atoms with Gasteiger partial charge in [0.05, 0.1) is 0 Å². The molecule has 0 aromatic rings. The van der Waals surface area contributed by atoms with Gasteiger partial charge in [0, 0.05) is 0 Å². The Morgan fingerprint density at radius 3 is 1.87 bits per heavy atom. The number of halogens is 1. The van der Waals surface area contributed by atoms with Gasteiger partial charge >= 0.3 is 28.2 Å². The van der Waals surface area contributed by atoms with E-state index in [1.807, 2.05) is 0 Å². The van der Waals surface area contributed by atoms with Crippen LogP contribution < -0.4 is 0 Å². The van der Waals surface area contributed by atoms with Crippen LogP contribution in [0.1, 0.15) is 40.0 Å². The topological polar surface area (TPSA) is 47.6 Å². The van der Waals surface area contributed by atoms with Crippen LogP contribution in [0, 0.1) is 18.8 Å². The molecule has 0 amide bonds. The first kappa shape index (κ1) is 18.3. The molecule has 4 heteroatoms. The van der Waals surface area contributed by atoms with E-state index < -0.39 is 0 Å². The Hall–Kier alpha value is 0.898. The summed E-state index contributed by atoms with van der Waals surface area (Å²) in [5, 5.41) is 0. The fraction of sp³-hybridized carbons (Fsp3) is 0.909. The van der Waals surface area contributed by atoms with Crippen molar-refractivity contribution in [3.8, 4) is 0 Å². The van der Waals surface area contributed by atoms with Crippen molar-refractivity contribution in [3.05, 3.63) is 18.9 Å². The monoisotopic (exact) mass is 413 g/mol. The van der Waals surface area contributed by atoms with Crippen LogP contribution in [0.5, 0.6) is 0 Å².